The summed E-state index contributed by atoms with van der Waals surface area (Å²) in [5, 5.41) is 12.0. The highest BCUT2D eigenvalue weighted by atomic mass is 32.1. The zero-order valence-corrected chi connectivity index (χ0v) is 16.4. The summed E-state index contributed by atoms with van der Waals surface area (Å²) >= 11 is 1.57. The number of aromatic nitrogens is 2. The van der Waals surface area contributed by atoms with Gasteiger partial charge in [-0.1, -0.05) is 12.1 Å². The van der Waals surface area contributed by atoms with Crippen LogP contribution in [0.5, 0.6) is 11.5 Å². The molecule has 146 valence electrons. The van der Waals surface area contributed by atoms with E-state index in [1.165, 1.54) is 0 Å². The van der Waals surface area contributed by atoms with Gasteiger partial charge >= 0.3 is 0 Å². The molecule has 1 aliphatic rings. The first-order valence-corrected chi connectivity index (χ1v) is 10.2. The van der Waals surface area contributed by atoms with Crippen LogP contribution >= 0.6 is 11.3 Å². The lowest BCUT2D eigenvalue weighted by molar-refractivity contribution is -0.132. The van der Waals surface area contributed by atoms with E-state index in [0.717, 1.165) is 11.3 Å². The Balaban J connectivity index is 1.31. The standard InChI is InChI=1S/C20H21N3O4S/c1-2-23(11-15-12-25-16-5-3-4-6-17(16)26-15)19(24)8-7-18-21-22-20(27-18)14-9-10-28-13-14/h3-6,9-10,13,15H,2,7-8,11-12H2,1H3. The highest BCUT2D eigenvalue weighted by molar-refractivity contribution is 7.08. The van der Waals surface area contributed by atoms with Crippen molar-refractivity contribution in [3.05, 3.63) is 47.0 Å². The number of thiophene rings is 1. The molecular weight excluding hydrogens is 378 g/mol. The van der Waals surface area contributed by atoms with Gasteiger partial charge in [-0.05, 0) is 30.5 Å². The van der Waals surface area contributed by atoms with Crippen molar-refractivity contribution in [3.8, 4) is 23.0 Å². The molecule has 1 aliphatic heterocycles. The third-order valence-corrected chi connectivity index (χ3v) is 5.20. The SMILES string of the molecule is CCN(CC1COc2ccccc2O1)C(=O)CCc1nnc(-c2ccsc2)o1. The van der Waals surface area contributed by atoms with Crippen LogP contribution in [0.4, 0.5) is 0 Å². The van der Waals surface area contributed by atoms with Crippen LogP contribution in [-0.4, -0.2) is 46.8 Å². The summed E-state index contributed by atoms with van der Waals surface area (Å²) in [7, 11) is 0. The highest BCUT2D eigenvalue weighted by Gasteiger charge is 2.25. The van der Waals surface area contributed by atoms with Crippen molar-refractivity contribution in [2.24, 2.45) is 0 Å². The van der Waals surface area contributed by atoms with Gasteiger partial charge in [0.15, 0.2) is 17.6 Å². The van der Waals surface area contributed by atoms with Gasteiger partial charge in [0.1, 0.15) is 6.61 Å². The lowest BCUT2D eigenvalue weighted by Crippen LogP contribution is -2.43. The minimum Gasteiger partial charge on any atom is -0.486 e. The number of ether oxygens (including phenoxy) is 2. The first-order valence-electron chi connectivity index (χ1n) is 9.24. The van der Waals surface area contributed by atoms with Crippen molar-refractivity contribution < 1.29 is 18.7 Å². The summed E-state index contributed by atoms with van der Waals surface area (Å²) in [6.07, 6.45) is 0.535. The number of amides is 1. The first-order chi connectivity index (χ1) is 13.7. The van der Waals surface area contributed by atoms with E-state index in [2.05, 4.69) is 10.2 Å². The molecule has 1 atom stereocenters. The van der Waals surface area contributed by atoms with Crippen LogP contribution in [0.3, 0.4) is 0 Å². The van der Waals surface area contributed by atoms with Gasteiger partial charge in [0.2, 0.25) is 17.7 Å². The number of hydrogen-bond donors (Lipinski definition) is 0. The molecule has 0 bridgehead atoms. The van der Waals surface area contributed by atoms with E-state index in [1.54, 1.807) is 16.2 Å². The molecule has 28 heavy (non-hydrogen) atoms. The second-order valence-corrected chi connectivity index (χ2v) is 7.22. The molecule has 7 nitrogen and oxygen atoms in total. The molecule has 1 aromatic carbocycles. The number of benzene rings is 1. The van der Waals surface area contributed by atoms with Crippen LogP contribution in [0.15, 0.2) is 45.5 Å². The average Bonchev–Trinajstić information content (AvgIpc) is 3.41. The Morgan fingerprint density at radius 3 is 2.89 bits per heavy atom. The fourth-order valence-electron chi connectivity index (χ4n) is 3.04. The molecule has 4 rings (SSSR count). The van der Waals surface area contributed by atoms with E-state index in [4.69, 9.17) is 13.9 Å². The van der Waals surface area contributed by atoms with E-state index in [0.29, 0.717) is 50.1 Å². The Kier molecular flexibility index (Phi) is 5.57. The molecule has 0 saturated carbocycles. The van der Waals surface area contributed by atoms with Crippen LogP contribution in [0.25, 0.3) is 11.5 Å². The summed E-state index contributed by atoms with van der Waals surface area (Å²) in [4.78, 5) is 14.4. The Hall–Kier alpha value is -2.87. The summed E-state index contributed by atoms with van der Waals surface area (Å²) in [6.45, 7) is 3.46. The van der Waals surface area contributed by atoms with E-state index >= 15 is 0 Å². The Bertz CT molecular complexity index is 925. The number of carbonyl (C=O) groups is 1. The number of rotatable bonds is 7. The van der Waals surface area contributed by atoms with E-state index in [-0.39, 0.29) is 12.0 Å². The quantitative estimate of drug-likeness (QED) is 0.606. The number of fused-ring (bicyclic) bond motifs is 1. The molecule has 3 heterocycles. The van der Waals surface area contributed by atoms with Gasteiger partial charge in [-0.2, -0.15) is 11.3 Å². The molecule has 1 unspecified atom stereocenters. The predicted molar refractivity (Wildman–Crippen MR) is 105 cm³/mol. The van der Waals surface area contributed by atoms with Crippen molar-refractivity contribution in [2.75, 3.05) is 19.7 Å². The van der Waals surface area contributed by atoms with Crippen LogP contribution in [0.1, 0.15) is 19.2 Å². The normalized spacial score (nSPS) is 15.4. The second-order valence-electron chi connectivity index (χ2n) is 6.44. The molecule has 2 aromatic heterocycles. The number of carbonyl (C=O) groups excluding carboxylic acids is 1. The fourth-order valence-corrected chi connectivity index (χ4v) is 3.67. The Morgan fingerprint density at radius 1 is 1.25 bits per heavy atom. The Labute approximate surface area is 166 Å². The number of nitrogens with zero attached hydrogens (tertiary/aromatic N) is 3. The van der Waals surface area contributed by atoms with Gasteiger partial charge in [0.05, 0.1) is 6.54 Å². The largest absolute Gasteiger partial charge is 0.486 e. The molecule has 1 amide bonds. The highest BCUT2D eigenvalue weighted by Crippen LogP contribution is 2.31. The summed E-state index contributed by atoms with van der Waals surface area (Å²) in [5.41, 5.74) is 0.903. The average molecular weight is 399 g/mol. The van der Waals surface area contributed by atoms with Crippen molar-refractivity contribution >= 4 is 17.2 Å². The third kappa shape index (κ3) is 4.17. The molecule has 8 heteroatoms. The molecule has 0 spiro atoms. The minimum atomic E-state index is -0.188. The van der Waals surface area contributed by atoms with E-state index in [1.807, 2.05) is 48.0 Å². The van der Waals surface area contributed by atoms with E-state index in [9.17, 15) is 4.79 Å². The lowest BCUT2D eigenvalue weighted by atomic mass is 10.2. The van der Waals surface area contributed by atoms with Crippen molar-refractivity contribution in [2.45, 2.75) is 25.9 Å². The maximum atomic E-state index is 12.6. The molecule has 3 aromatic rings. The molecule has 0 fully saturated rings. The molecule has 0 N–H and O–H groups in total. The number of para-hydroxylation sites is 2. The smallest absolute Gasteiger partial charge is 0.248 e. The first kappa shape index (κ1) is 18.5. The summed E-state index contributed by atoms with van der Waals surface area (Å²) < 4.78 is 17.3. The van der Waals surface area contributed by atoms with Crippen molar-refractivity contribution in [1.82, 2.24) is 15.1 Å². The maximum Gasteiger partial charge on any atom is 0.248 e. The van der Waals surface area contributed by atoms with Crippen LogP contribution in [0, 0.1) is 0 Å². The van der Waals surface area contributed by atoms with Gasteiger partial charge in [0.25, 0.3) is 0 Å². The number of hydrogen-bond acceptors (Lipinski definition) is 7. The zero-order chi connectivity index (χ0) is 19.3. The molecule has 0 aliphatic carbocycles. The van der Waals surface area contributed by atoms with Gasteiger partial charge in [0, 0.05) is 30.3 Å². The molecule has 0 saturated heterocycles. The number of aryl methyl sites for hydroxylation is 1. The predicted octanol–water partition coefficient (Wildman–Crippen LogP) is 3.42. The van der Waals surface area contributed by atoms with Crippen LogP contribution in [0.2, 0.25) is 0 Å². The maximum absolute atomic E-state index is 12.6. The zero-order valence-electron chi connectivity index (χ0n) is 15.5. The lowest BCUT2D eigenvalue weighted by Gasteiger charge is -2.30. The van der Waals surface area contributed by atoms with Crippen LogP contribution in [-0.2, 0) is 11.2 Å². The van der Waals surface area contributed by atoms with Crippen molar-refractivity contribution in [1.29, 1.82) is 0 Å². The van der Waals surface area contributed by atoms with Gasteiger partial charge in [-0.15, -0.1) is 10.2 Å². The fraction of sp³-hybridized carbons (Fsp3) is 0.350. The Morgan fingerprint density at radius 2 is 2.11 bits per heavy atom. The summed E-state index contributed by atoms with van der Waals surface area (Å²) in [5.74, 6) is 2.44. The third-order valence-electron chi connectivity index (χ3n) is 4.51. The van der Waals surface area contributed by atoms with Crippen molar-refractivity contribution in [3.63, 3.8) is 0 Å². The van der Waals surface area contributed by atoms with Crippen LogP contribution < -0.4 is 9.47 Å². The topological polar surface area (TPSA) is 77.7 Å². The van der Waals surface area contributed by atoms with Gasteiger partial charge in [-0.3, -0.25) is 4.79 Å². The molecular formula is C20H21N3O4S. The van der Waals surface area contributed by atoms with Gasteiger partial charge in [-0.25, -0.2) is 0 Å². The molecule has 0 radical (unpaired) electrons. The van der Waals surface area contributed by atoms with E-state index < -0.39 is 0 Å². The number of likely N-dealkylation sites (N-methyl/N-ethyl adjacent to an activating group) is 1. The minimum absolute atomic E-state index is 0.0280. The second kappa shape index (κ2) is 8.43. The summed E-state index contributed by atoms with van der Waals surface area (Å²) in [6, 6.07) is 9.49. The monoisotopic (exact) mass is 399 g/mol. The van der Waals surface area contributed by atoms with Gasteiger partial charge < -0.3 is 18.8 Å².